The zero-order chi connectivity index (χ0) is 22.2. The van der Waals surface area contributed by atoms with Gasteiger partial charge in [-0.2, -0.15) is 15.2 Å². The van der Waals surface area contributed by atoms with E-state index in [-0.39, 0.29) is 17.6 Å². The third kappa shape index (κ3) is 3.69. The number of fused-ring (bicyclic) bond motifs is 1. The summed E-state index contributed by atoms with van der Waals surface area (Å²) in [7, 11) is 1.65. The summed E-state index contributed by atoms with van der Waals surface area (Å²) < 4.78 is 16.7. The van der Waals surface area contributed by atoms with Gasteiger partial charge in [-0.25, -0.2) is 4.68 Å². The lowest BCUT2D eigenvalue weighted by Crippen LogP contribution is -2.24. The molecule has 0 N–H and O–H groups in total. The molecule has 4 heterocycles. The number of benzene rings is 1. The Morgan fingerprint density at radius 1 is 1.12 bits per heavy atom. The Labute approximate surface area is 185 Å². The summed E-state index contributed by atoms with van der Waals surface area (Å²) in [4.78, 5) is 17.5. The average molecular weight is 435 g/mol. The van der Waals surface area contributed by atoms with Gasteiger partial charge in [-0.05, 0) is 44.4 Å². The molecule has 0 aliphatic carbocycles. The molecule has 1 aromatic carbocycles. The van der Waals surface area contributed by atoms with Gasteiger partial charge in [0.2, 0.25) is 0 Å². The van der Waals surface area contributed by atoms with Crippen LogP contribution < -0.4 is 10.3 Å². The molecule has 0 unspecified atom stereocenters. The van der Waals surface area contributed by atoms with E-state index < -0.39 is 0 Å². The van der Waals surface area contributed by atoms with E-state index in [9.17, 15) is 4.79 Å². The van der Waals surface area contributed by atoms with Crippen LogP contribution in [0.15, 0.2) is 47.7 Å². The standard InChI is InChI=1S/C23H26N6O3/c1-15(2)28-13-17(11-24-28)16-6-8-19(9-7-16)32-23-26-21-20(22(30)27(23)3)12-25-29(21)18-5-4-10-31-14-18/h6-9,11-13,15,18H,4-5,10,14H2,1-3H3/t18-/m1/s1. The van der Waals surface area contributed by atoms with Gasteiger partial charge in [0.05, 0.1) is 25.0 Å². The summed E-state index contributed by atoms with van der Waals surface area (Å²) in [5, 5.41) is 9.30. The SMILES string of the molecule is CC(C)n1cc(-c2ccc(Oc3nc4c(cnn4[C@@H]4CCCOC4)c(=O)n3C)cc2)cn1. The Bertz CT molecular complexity index is 1300. The van der Waals surface area contributed by atoms with Crippen LogP contribution in [0, 0.1) is 0 Å². The van der Waals surface area contributed by atoms with Crippen molar-refractivity contribution >= 4 is 11.0 Å². The molecule has 5 rings (SSSR count). The van der Waals surface area contributed by atoms with Crippen molar-refractivity contribution in [3.05, 3.63) is 53.2 Å². The first-order valence-electron chi connectivity index (χ1n) is 10.9. The van der Waals surface area contributed by atoms with Crippen molar-refractivity contribution in [2.24, 2.45) is 7.05 Å². The molecule has 4 aromatic rings. The molecule has 3 aromatic heterocycles. The molecule has 0 bridgehead atoms. The highest BCUT2D eigenvalue weighted by molar-refractivity contribution is 5.74. The fourth-order valence-electron chi connectivity index (χ4n) is 3.92. The smallest absolute Gasteiger partial charge is 0.306 e. The minimum atomic E-state index is -0.189. The third-order valence-electron chi connectivity index (χ3n) is 5.80. The van der Waals surface area contributed by atoms with Gasteiger partial charge in [-0.15, -0.1) is 0 Å². The summed E-state index contributed by atoms with van der Waals surface area (Å²) in [5.74, 6) is 0.596. The van der Waals surface area contributed by atoms with Crippen molar-refractivity contribution in [2.75, 3.05) is 13.2 Å². The quantitative estimate of drug-likeness (QED) is 0.476. The number of hydrogen-bond donors (Lipinski definition) is 0. The number of rotatable bonds is 5. The molecule has 1 aliphatic rings. The number of nitrogens with zero attached hydrogens (tertiary/aromatic N) is 6. The zero-order valence-corrected chi connectivity index (χ0v) is 18.4. The van der Waals surface area contributed by atoms with Gasteiger partial charge >= 0.3 is 6.01 Å². The maximum atomic E-state index is 12.9. The molecular weight excluding hydrogens is 408 g/mol. The average Bonchev–Trinajstić information content (AvgIpc) is 3.46. The second-order valence-corrected chi connectivity index (χ2v) is 8.39. The van der Waals surface area contributed by atoms with Crippen LogP contribution in [0.3, 0.4) is 0 Å². The van der Waals surface area contributed by atoms with Gasteiger partial charge in [0.15, 0.2) is 5.65 Å². The van der Waals surface area contributed by atoms with Crippen LogP contribution in [0.4, 0.5) is 0 Å². The Balaban J connectivity index is 1.44. The van der Waals surface area contributed by atoms with Crippen LogP contribution in [-0.4, -0.2) is 42.3 Å². The van der Waals surface area contributed by atoms with E-state index >= 15 is 0 Å². The fraction of sp³-hybridized carbons (Fsp3) is 0.391. The van der Waals surface area contributed by atoms with Crippen molar-refractivity contribution in [1.29, 1.82) is 0 Å². The molecule has 1 aliphatic heterocycles. The van der Waals surface area contributed by atoms with Gasteiger partial charge < -0.3 is 9.47 Å². The Hall–Kier alpha value is -3.46. The molecule has 0 radical (unpaired) electrons. The summed E-state index contributed by atoms with van der Waals surface area (Å²) in [6.07, 6.45) is 7.36. The van der Waals surface area contributed by atoms with Gasteiger partial charge in [-0.1, -0.05) is 12.1 Å². The molecule has 166 valence electrons. The Morgan fingerprint density at radius 2 is 1.94 bits per heavy atom. The maximum absolute atomic E-state index is 12.9. The predicted octanol–water partition coefficient (Wildman–Crippen LogP) is 3.72. The molecule has 1 fully saturated rings. The lowest BCUT2D eigenvalue weighted by atomic mass is 10.1. The van der Waals surface area contributed by atoms with E-state index in [0.717, 1.165) is 30.6 Å². The van der Waals surface area contributed by atoms with Crippen LogP contribution in [0.5, 0.6) is 11.8 Å². The summed E-state index contributed by atoms with van der Waals surface area (Å²) in [5.41, 5.74) is 2.41. The van der Waals surface area contributed by atoms with Crippen LogP contribution >= 0.6 is 0 Å². The number of ether oxygens (including phenoxy) is 2. The van der Waals surface area contributed by atoms with Gasteiger partial charge in [0, 0.05) is 31.5 Å². The Kier molecular flexibility index (Phi) is 5.26. The van der Waals surface area contributed by atoms with Crippen LogP contribution in [-0.2, 0) is 11.8 Å². The van der Waals surface area contributed by atoms with E-state index in [0.29, 0.717) is 29.4 Å². The van der Waals surface area contributed by atoms with Crippen LogP contribution in [0.2, 0.25) is 0 Å². The first-order valence-corrected chi connectivity index (χ1v) is 10.9. The van der Waals surface area contributed by atoms with Crippen LogP contribution in [0.1, 0.15) is 38.8 Å². The fourth-order valence-corrected chi connectivity index (χ4v) is 3.92. The van der Waals surface area contributed by atoms with Gasteiger partial charge in [0.25, 0.3) is 5.56 Å². The summed E-state index contributed by atoms with van der Waals surface area (Å²) >= 11 is 0. The monoisotopic (exact) mass is 434 g/mol. The van der Waals surface area contributed by atoms with Crippen molar-refractivity contribution in [3.63, 3.8) is 0 Å². The van der Waals surface area contributed by atoms with Gasteiger partial charge in [0.1, 0.15) is 11.1 Å². The van der Waals surface area contributed by atoms with E-state index in [4.69, 9.17) is 9.47 Å². The minimum Gasteiger partial charge on any atom is -0.425 e. The zero-order valence-electron chi connectivity index (χ0n) is 18.4. The van der Waals surface area contributed by atoms with Crippen molar-refractivity contribution in [3.8, 4) is 22.9 Å². The normalized spacial score (nSPS) is 16.7. The summed E-state index contributed by atoms with van der Waals surface area (Å²) in [6.45, 7) is 5.51. The second kappa shape index (κ2) is 8.23. The molecule has 9 heteroatoms. The number of aromatic nitrogens is 6. The van der Waals surface area contributed by atoms with E-state index in [1.54, 1.807) is 17.9 Å². The topological polar surface area (TPSA) is 89.0 Å². The molecule has 9 nitrogen and oxygen atoms in total. The van der Waals surface area contributed by atoms with Crippen molar-refractivity contribution < 1.29 is 9.47 Å². The highest BCUT2D eigenvalue weighted by Crippen LogP contribution is 2.27. The molecule has 0 spiro atoms. The molecule has 0 saturated carbocycles. The number of hydrogen-bond acceptors (Lipinski definition) is 6. The molecular formula is C23H26N6O3. The predicted molar refractivity (Wildman–Crippen MR) is 120 cm³/mol. The maximum Gasteiger partial charge on any atom is 0.306 e. The second-order valence-electron chi connectivity index (χ2n) is 8.39. The molecule has 32 heavy (non-hydrogen) atoms. The highest BCUT2D eigenvalue weighted by Gasteiger charge is 2.22. The highest BCUT2D eigenvalue weighted by atomic mass is 16.5. The molecule has 1 saturated heterocycles. The first-order chi connectivity index (χ1) is 15.5. The summed E-state index contributed by atoms with van der Waals surface area (Å²) in [6, 6.07) is 8.27. The first kappa shape index (κ1) is 20.4. The lowest BCUT2D eigenvalue weighted by molar-refractivity contribution is 0.0562. The third-order valence-corrected chi connectivity index (χ3v) is 5.80. The van der Waals surface area contributed by atoms with Crippen LogP contribution in [0.25, 0.3) is 22.2 Å². The Morgan fingerprint density at radius 3 is 2.62 bits per heavy atom. The largest absolute Gasteiger partial charge is 0.425 e. The van der Waals surface area contributed by atoms with E-state index in [1.165, 1.54) is 4.57 Å². The lowest BCUT2D eigenvalue weighted by Gasteiger charge is -2.22. The van der Waals surface area contributed by atoms with E-state index in [2.05, 4.69) is 29.0 Å². The van der Waals surface area contributed by atoms with Gasteiger partial charge in [-0.3, -0.25) is 14.0 Å². The van der Waals surface area contributed by atoms with E-state index in [1.807, 2.05) is 41.3 Å². The minimum absolute atomic E-state index is 0.0692. The molecule has 0 amide bonds. The van der Waals surface area contributed by atoms with Crippen molar-refractivity contribution in [2.45, 2.75) is 38.8 Å². The molecule has 1 atom stereocenters. The van der Waals surface area contributed by atoms with Crippen molar-refractivity contribution in [1.82, 2.24) is 29.1 Å².